The summed E-state index contributed by atoms with van der Waals surface area (Å²) in [7, 11) is 0. The Labute approximate surface area is 161 Å². The summed E-state index contributed by atoms with van der Waals surface area (Å²) in [5.41, 5.74) is 1.35. The fourth-order valence-electron chi connectivity index (χ4n) is 2.39. The van der Waals surface area contributed by atoms with Gasteiger partial charge in [-0.25, -0.2) is 9.59 Å². The van der Waals surface area contributed by atoms with Crippen LogP contribution in [0, 0.1) is 0 Å². The molecule has 3 rings (SSSR count). The second-order valence-corrected chi connectivity index (χ2v) is 5.82. The Balaban J connectivity index is 1.76. The van der Waals surface area contributed by atoms with Crippen molar-refractivity contribution in [2.75, 3.05) is 6.61 Å². The molecule has 0 unspecified atom stereocenters. The molecule has 0 amide bonds. The predicted octanol–water partition coefficient (Wildman–Crippen LogP) is 3.95. The molecule has 0 fully saturated rings. The Bertz CT molecular complexity index is 938. The molecule has 0 aliphatic carbocycles. The van der Waals surface area contributed by atoms with Crippen molar-refractivity contribution in [2.24, 2.45) is 0 Å². The summed E-state index contributed by atoms with van der Waals surface area (Å²) >= 11 is 0. The van der Waals surface area contributed by atoms with Crippen LogP contribution in [0.15, 0.2) is 78.9 Å². The monoisotopic (exact) mass is 378 g/mol. The fraction of sp³-hybridized carbons (Fsp3) is 0.0909. The molecule has 6 heteroatoms. The van der Waals surface area contributed by atoms with Gasteiger partial charge in [0, 0.05) is 6.07 Å². The number of carboxylic acid groups (broad SMARTS) is 1. The minimum absolute atomic E-state index is 0.109. The first-order valence-corrected chi connectivity index (χ1v) is 8.54. The number of hydrogen-bond donors (Lipinski definition) is 1. The van der Waals surface area contributed by atoms with Crippen LogP contribution in [-0.2, 0) is 11.4 Å². The quantitative estimate of drug-likeness (QED) is 0.472. The molecule has 28 heavy (non-hydrogen) atoms. The molecule has 0 saturated carbocycles. The summed E-state index contributed by atoms with van der Waals surface area (Å²) in [6.07, 6.45) is 0. The van der Waals surface area contributed by atoms with Crippen LogP contribution in [0.1, 0.15) is 15.9 Å². The minimum atomic E-state index is -1.14. The fourth-order valence-corrected chi connectivity index (χ4v) is 2.39. The predicted molar refractivity (Wildman–Crippen MR) is 102 cm³/mol. The van der Waals surface area contributed by atoms with Crippen molar-refractivity contribution in [1.29, 1.82) is 0 Å². The highest BCUT2D eigenvalue weighted by Crippen LogP contribution is 2.32. The van der Waals surface area contributed by atoms with Crippen LogP contribution >= 0.6 is 0 Å². The Kier molecular flexibility index (Phi) is 6.25. The molecule has 0 aromatic heterocycles. The Morgan fingerprint density at radius 3 is 2.14 bits per heavy atom. The summed E-state index contributed by atoms with van der Waals surface area (Å²) in [6, 6.07) is 22.7. The smallest absolute Gasteiger partial charge is 0.343 e. The van der Waals surface area contributed by atoms with E-state index in [1.807, 2.05) is 30.3 Å². The molecule has 0 saturated heterocycles. The van der Waals surface area contributed by atoms with Crippen molar-refractivity contribution in [3.8, 4) is 17.2 Å². The van der Waals surface area contributed by atoms with Crippen molar-refractivity contribution in [1.82, 2.24) is 0 Å². The standard InChI is InChI=1S/C22H18O6/c23-21(24)15-27-20-13-18(26-14-16-7-3-1-4-8-16)11-12-19(20)28-22(25)17-9-5-2-6-10-17/h1-13H,14-15H2,(H,23,24). The van der Waals surface area contributed by atoms with Crippen molar-refractivity contribution in [3.05, 3.63) is 90.0 Å². The van der Waals surface area contributed by atoms with E-state index < -0.39 is 18.5 Å². The lowest BCUT2D eigenvalue weighted by Crippen LogP contribution is -2.13. The average molecular weight is 378 g/mol. The molecular weight excluding hydrogens is 360 g/mol. The molecule has 0 atom stereocenters. The third kappa shape index (κ3) is 5.35. The van der Waals surface area contributed by atoms with Crippen LogP contribution in [0.3, 0.4) is 0 Å². The lowest BCUT2D eigenvalue weighted by atomic mass is 10.2. The van der Waals surface area contributed by atoms with Gasteiger partial charge in [0.25, 0.3) is 0 Å². The van der Waals surface area contributed by atoms with Gasteiger partial charge < -0.3 is 19.3 Å². The van der Waals surface area contributed by atoms with E-state index in [4.69, 9.17) is 19.3 Å². The summed E-state index contributed by atoms with van der Waals surface area (Å²) in [5.74, 6) is -1.03. The summed E-state index contributed by atoms with van der Waals surface area (Å²) in [5, 5.41) is 8.88. The number of hydrogen-bond acceptors (Lipinski definition) is 5. The zero-order valence-corrected chi connectivity index (χ0v) is 14.9. The molecule has 0 bridgehead atoms. The van der Waals surface area contributed by atoms with E-state index in [-0.39, 0.29) is 11.5 Å². The zero-order valence-electron chi connectivity index (χ0n) is 14.9. The molecular formula is C22H18O6. The summed E-state index contributed by atoms with van der Waals surface area (Å²) in [4.78, 5) is 23.1. The third-order valence-electron chi connectivity index (χ3n) is 3.73. The number of esters is 1. The normalized spacial score (nSPS) is 10.1. The van der Waals surface area contributed by atoms with E-state index in [1.165, 1.54) is 12.1 Å². The first-order valence-electron chi connectivity index (χ1n) is 8.54. The van der Waals surface area contributed by atoms with E-state index in [9.17, 15) is 9.59 Å². The highest BCUT2D eigenvalue weighted by Gasteiger charge is 2.15. The summed E-state index contributed by atoms with van der Waals surface area (Å²) in [6.45, 7) is -0.236. The minimum Gasteiger partial charge on any atom is -0.489 e. The van der Waals surface area contributed by atoms with Crippen LogP contribution in [0.4, 0.5) is 0 Å². The average Bonchev–Trinajstić information content (AvgIpc) is 2.73. The van der Waals surface area contributed by atoms with Crippen molar-refractivity contribution in [3.63, 3.8) is 0 Å². The van der Waals surface area contributed by atoms with Crippen LogP contribution in [0.25, 0.3) is 0 Å². The van der Waals surface area contributed by atoms with E-state index in [0.29, 0.717) is 17.9 Å². The first-order chi connectivity index (χ1) is 13.6. The van der Waals surface area contributed by atoms with E-state index >= 15 is 0 Å². The zero-order chi connectivity index (χ0) is 19.8. The van der Waals surface area contributed by atoms with Crippen LogP contribution in [0.5, 0.6) is 17.2 Å². The van der Waals surface area contributed by atoms with Gasteiger partial charge in [0.2, 0.25) is 0 Å². The largest absolute Gasteiger partial charge is 0.489 e. The number of aliphatic carboxylic acids is 1. The maximum atomic E-state index is 12.3. The Morgan fingerprint density at radius 2 is 1.46 bits per heavy atom. The van der Waals surface area contributed by atoms with Gasteiger partial charge in [0.05, 0.1) is 5.56 Å². The molecule has 0 aliphatic heterocycles. The number of carbonyl (C=O) groups excluding carboxylic acids is 1. The molecule has 6 nitrogen and oxygen atoms in total. The van der Waals surface area contributed by atoms with Gasteiger partial charge in [-0.2, -0.15) is 0 Å². The topological polar surface area (TPSA) is 82.1 Å². The van der Waals surface area contributed by atoms with E-state index in [1.54, 1.807) is 36.4 Å². The molecule has 3 aromatic carbocycles. The molecule has 1 N–H and O–H groups in total. The highest BCUT2D eigenvalue weighted by molar-refractivity contribution is 5.91. The van der Waals surface area contributed by atoms with Crippen molar-refractivity contribution in [2.45, 2.75) is 6.61 Å². The second kappa shape index (κ2) is 9.23. The van der Waals surface area contributed by atoms with Crippen LogP contribution < -0.4 is 14.2 Å². The van der Waals surface area contributed by atoms with Crippen LogP contribution in [0.2, 0.25) is 0 Å². The van der Waals surface area contributed by atoms with E-state index in [2.05, 4.69) is 0 Å². The van der Waals surface area contributed by atoms with Gasteiger partial charge >= 0.3 is 11.9 Å². The molecule has 0 radical (unpaired) electrons. The van der Waals surface area contributed by atoms with Gasteiger partial charge in [0.15, 0.2) is 18.1 Å². The second-order valence-electron chi connectivity index (χ2n) is 5.82. The maximum Gasteiger partial charge on any atom is 0.343 e. The van der Waals surface area contributed by atoms with Crippen LogP contribution in [-0.4, -0.2) is 23.7 Å². The molecule has 3 aromatic rings. The van der Waals surface area contributed by atoms with Gasteiger partial charge in [-0.05, 0) is 29.8 Å². The molecule has 0 spiro atoms. The molecule has 0 aliphatic rings. The number of ether oxygens (including phenoxy) is 3. The van der Waals surface area contributed by atoms with Gasteiger partial charge in [-0.1, -0.05) is 48.5 Å². The lowest BCUT2D eigenvalue weighted by molar-refractivity contribution is -0.139. The van der Waals surface area contributed by atoms with E-state index in [0.717, 1.165) is 5.56 Å². The maximum absolute atomic E-state index is 12.3. The Morgan fingerprint density at radius 1 is 0.786 bits per heavy atom. The molecule has 0 heterocycles. The van der Waals surface area contributed by atoms with Crippen molar-refractivity contribution < 1.29 is 28.9 Å². The molecule has 142 valence electrons. The number of carbonyl (C=O) groups is 2. The van der Waals surface area contributed by atoms with Gasteiger partial charge in [0.1, 0.15) is 12.4 Å². The SMILES string of the molecule is O=C(O)COc1cc(OCc2ccccc2)ccc1OC(=O)c1ccccc1. The lowest BCUT2D eigenvalue weighted by Gasteiger charge is -2.13. The Hall–Kier alpha value is -3.80. The van der Waals surface area contributed by atoms with Gasteiger partial charge in [-0.3, -0.25) is 0 Å². The summed E-state index contributed by atoms with van der Waals surface area (Å²) < 4.78 is 16.4. The number of carboxylic acids is 1. The first kappa shape index (κ1) is 19.0. The number of benzene rings is 3. The third-order valence-corrected chi connectivity index (χ3v) is 3.73. The highest BCUT2D eigenvalue weighted by atomic mass is 16.6. The van der Waals surface area contributed by atoms with Gasteiger partial charge in [-0.15, -0.1) is 0 Å². The van der Waals surface area contributed by atoms with Crippen molar-refractivity contribution >= 4 is 11.9 Å². The number of rotatable bonds is 8.